The van der Waals surface area contributed by atoms with Crippen molar-refractivity contribution in [1.82, 2.24) is 0 Å². The zero-order valence-electron chi connectivity index (χ0n) is 5.26. The van der Waals surface area contributed by atoms with Crippen LogP contribution in [0.4, 0.5) is 12.9 Å². The van der Waals surface area contributed by atoms with Crippen LogP contribution in [0.3, 0.4) is 0 Å². The van der Waals surface area contributed by atoms with Crippen LogP contribution in [0.15, 0.2) is 9.95 Å². The van der Waals surface area contributed by atoms with E-state index in [1.807, 2.05) is 0 Å². The molecular weight excluding hydrogens is 267 g/mol. The van der Waals surface area contributed by atoms with Crippen LogP contribution in [0.1, 0.15) is 0 Å². The Hall–Kier alpha value is 0.655. The van der Waals surface area contributed by atoms with Crippen molar-refractivity contribution in [2.45, 2.75) is 0 Å². The zero-order valence-corrected chi connectivity index (χ0v) is 8.36. The van der Waals surface area contributed by atoms with Crippen molar-refractivity contribution in [3.8, 4) is 0 Å². The third kappa shape index (κ3) is 3.72. The van der Waals surface area contributed by atoms with E-state index in [2.05, 4.69) is 15.9 Å². The average molecular weight is 271 g/mol. The Morgan fingerprint density at radius 3 is 1.73 bits per heavy atom. The number of halogens is 6. The van der Waals surface area contributed by atoms with Gasteiger partial charge in [-0.2, -0.15) is 0 Å². The minimum Gasteiger partial charge on any atom is -0.445 e. The van der Waals surface area contributed by atoms with Crippen LogP contribution < -0.4 is 0 Å². The normalized spacial score (nSPS) is 14.7. The lowest BCUT2D eigenvalue weighted by atomic mass is 9.80. The minimum atomic E-state index is -5.01. The SMILES string of the molecule is F[B-](F)(F)C(CCl)=C(Br)CCl. The molecule has 0 N–H and O–H groups in total. The topological polar surface area (TPSA) is 0 Å². The molecule has 0 saturated carbocycles. The lowest BCUT2D eigenvalue weighted by molar-refractivity contribution is 0.490. The lowest BCUT2D eigenvalue weighted by Gasteiger charge is -2.18. The number of hydrogen-bond donors (Lipinski definition) is 0. The van der Waals surface area contributed by atoms with Crippen molar-refractivity contribution in [3.05, 3.63) is 9.95 Å². The van der Waals surface area contributed by atoms with E-state index in [9.17, 15) is 12.9 Å². The predicted octanol–water partition coefficient (Wildman–Crippen LogP) is 3.50. The van der Waals surface area contributed by atoms with Gasteiger partial charge in [0.2, 0.25) is 0 Å². The third-order valence-electron chi connectivity index (χ3n) is 1.00. The summed E-state index contributed by atoms with van der Waals surface area (Å²) in [6, 6.07) is 0. The van der Waals surface area contributed by atoms with E-state index in [0.717, 1.165) is 0 Å². The summed E-state index contributed by atoms with van der Waals surface area (Å²) in [6.45, 7) is -5.01. The molecule has 0 fully saturated rings. The van der Waals surface area contributed by atoms with Crippen molar-refractivity contribution in [3.63, 3.8) is 0 Å². The summed E-state index contributed by atoms with van der Waals surface area (Å²) in [5.41, 5.74) is -0.762. The van der Waals surface area contributed by atoms with Crippen molar-refractivity contribution >= 4 is 46.1 Å². The van der Waals surface area contributed by atoms with Gasteiger partial charge in [0.1, 0.15) is 0 Å². The van der Waals surface area contributed by atoms with Gasteiger partial charge in [-0.15, -0.1) is 28.7 Å². The largest absolute Gasteiger partial charge is 0.507 e. The molecular formula is C4H4BBrCl2F3-. The predicted molar refractivity (Wildman–Crippen MR) is 46.5 cm³/mol. The molecule has 11 heavy (non-hydrogen) atoms. The first-order chi connectivity index (χ1) is 4.93. The van der Waals surface area contributed by atoms with Gasteiger partial charge < -0.3 is 12.9 Å². The van der Waals surface area contributed by atoms with Gasteiger partial charge >= 0.3 is 6.98 Å². The average Bonchev–Trinajstić information content (AvgIpc) is 1.86. The first-order valence-corrected chi connectivity index (χ1v) is 4.49. The first-order valence-electron chi connectivity index (χ1n) is 2.62. The zero-order chi connectivity index (χ0) is 9.07. The molecule has 0 bridgehead atoms. The van der Waals surface area contributed by atoms with Gasteiger partial charge in [-0.3, -0.25) is 0 Å². The Morgan fingerprint density at radius 1 is 1.18 bits per heavy atom. The molecule has 0 amide bonds. The van der Waals surface area contributed by atoms with E-state index < -0.39 is 18.3 Å². The van der Waals surface area contributed by atoms with Gasteiger partial charge in [0.25, 0.3) is 0 Å². The molecule has 0 saturated heterocycles. The van der Waals surface area contributed by atoms with Crippen LogP contribution in [-0.2, 0) is 0 Å². The highest BCUT2D eigenvalue weighted by molar-refractivity contribution is 9.11. The maximum absolute atomic E-state index is 12.0. The Labute approximate surface area is 80.9 Å². The van der Waals surface area contributed by atoms with Gasteiger partial charge in [0.05, 0.1) is 5.88 Å². The molecule has 0 aromatic carbocycles. The van der Waals surface area contributed by atoms with E-state index in [-0.39, 0.29) is 10.4 Å². The van der Waals surface area contributed by atoms with Crippen LogP contribution >= 0.6 is 39.1 Å². The standard InChI is InChI=1S/C4H4BBrCl2F3/c6-4(2-8)3(1-7)5(9,10)11/h1-2H2/q-1. The van der Waals surface area contributed by atoms with Gasteiger partial charge in [0, 0.05) is 5.88 Å². The second-order valence-corrected chi connectivity index (χ2v) is 3.26. The van der Waals surface area contributed by atoms with E-state index >= 15 is 0 Å². The molecule has 0 rings (SSSR count). The fourth-order valence-corrected chi connectivity index (χ4v) is 1.49. The molecule has 66 valence electrons. The van der Waals surface area contributed by atoms with E-state index in [1.165, 1.54) is 0 Å². The molecule has 0 nitrogen and oxygen atoms in total. The van der Waals surface area contributed by atoms with E-state index in [1.54, 1.807) is 0 Å². The van der Waals surface area contributed by atoms with Crippen LogP contribution in [0.25, 0.3) is 0 Å². The molecule has 0 aromatic rings. The summed E-state index contributed by atoms with van der Waals surface area (Å²) in [5.74, 6) is -0.764. The first kappa shape index (κ1) is 11.7. The monoisotopic (exact) mass is 269 g/mol. The van der Waals surface area contributed by atoms with Gasteiger partial charge in [-0.05, 0) is 4.48 Å². The second kappa shape index (κ2) is 4.62. The summed E-state index contributed by atoms with van der Waals surface area (Å²) in [7, 11) is 0. The highest BCUT2D eigenvalue weighted by Crippen LogP contribution is 2.27. The number of hydrogen-bond acceptors (Lipinski definition) is 0. The van der Waals surface area contributed by atoms with Gasteiger partial charge in [0.15, 0.2) is 0 Å². The number of rotatable bonds is 3. The number of alkyl halides is 2. The lowest BCUT2D eigenvalue weighted by Crippen LogP contribution is -2.22. The smallest absolute Gasteiger partial charge is 0.445 e. The van der Waals surface area contributed by atoms with Crippen molar-refractivity contribution in [2.24, 2.45) is 0 Å². The summed E-state index contributed by atoms with van der Waals surface area (Å²) in [4.78, 5) is 0. The van der Waals surface area contributed by atoms with E-state index in [4.69, 9.17) is 23.2 Å². The molecule has 7 heteroatoms. The fraction of sp³-hybridized carbons (Fsp3) is 0.500. The molecule has 0 atom stereocenters. The Morgan fingerprint density at radius 2 is 1.64 bits per heavy atom. The van der Waals surface area contributed by atoms with Crippen molar-refractivity contribution in [1.29, 1.82) is 0 Å². The molecule has 0 aliphatic heterocycles. The van der Waals surface area contributed by atoms with Crippen LogP contribution in [-0.4, -0.2) is 18.7 Å². The second-order valence-electron chi connectivity index (χ2n) is 1.77. The van der Waals surface area contributed by atoms with Gasteiger partial charge in [-0.1, -0.05) is 15.9 Å². The molecule has 0 aliphatic carbocycles. The molecule has 0 radical (unpaired) electrons. The Bertz CT molecular complexity index is 167. The van der Waals surface area contributed by atoms with E-state index in [0.29, 0.717) is 0 Å². The molecule has 0 aliphatic rings. The maximum atomic E-state index is 12.0. The van der Waals surface area contributed by atoms with Crippen LogP contribution in [0.2, 0.25) is 0 Å². The quantitative estimate of drug-likeness (QED) is 0.544. The van der Waals surface area contributed by atoms with Crippen LogP contribution in [0, 0.1) is 0 Å². The summed E-state index contributed by atoms with van der Waals surface area (Å²) >= 11 is 13.0. The summed E-state index contributed by atoms with van der Waals surface area (Å²) in [6.07, 6.45) is 0. The fourth-order valence-electron chi connectivity index (χ4n) is 0.423. The number of allylic oxidation sites excluding steroid dienone is 2. The maximum Gasteiger partial charge on any atom is 0.507 e. The molecule has 0 aromatic heterocycles. The van der Waals surface area contributed by atoms with Crippen molar-refractivity contribution < 1.29 is 12.9 Å². The Balaban J connectivity index is 4.66. The van der Waals surface area contributed by atoms with Crippen LogP contribution in [0.5, 0.6) is 0 Å². The summed E-state index contributed by atoms with van der Waals surface area (Å²) in [5, 5.41) is 0. The summed E-state index contributed by atoms with van der Waals surface area (Å²) < 4.78 is 35.9. The van der Waals surface area contributed by atoms with Gasteiger partial charge in [-0.25, -0.2) is 0 Å². The highest BCUT2D eigenvalue weighted by atomic mass is 79.9. The third-order valence-corrected chi connectivity index (χ3v) is 2.67. The molecule has 0 heterocycles. The minimum absolute atomic E-state index is 0.0818. The molecule has 0 spiro atoms. The van der Waals surface area contributed by atoms with Crippen molar-refractivity contribution in [2.75, 3.05) is 11.8 Å². The molecule has 0 unspecified atom stereocenters. The highest BCUT2D eigenvalue weighted by Gasteiger charge is 2.29. The Kier molecular flexibility index (Phi) is 4.90.